The summed E-state index contributed by atoms with van der Waals surface area (Å²) in [6.45, 7) is 3.97. The molecular weight excluding hydrogens is 699 g/mol. The molecule has 4 aliphatic heterocycles. The SMILES string of the molecule is COc1cc(-c2cccc(-c3cccc(-c4cnc(CN5CC6(CCC(=O)N6)C5)c(OC)n4)c3Cl)c2Cl)cc2c1C[C@H](N1CC3(CCC(=O)N3)C1)C2. The first-order valence-corrected chi connectivity index (χ1v) is 18.7. The van der Waals surface area contributed by atoms with Crippen LogP contribution < -0.4 is 20.1 Å². The molecular formula is C40H40Cl2N6O4. The number of fused-ring (bicyclic) bond motifs is 1. The number of benzene rings is 3. The van der Waals surface area contributed by atoms with Gasteiger partial charge in [0.1, 0.15) is 11.4 Å². The maximum Gasteiger partial charge on any atom is 0.237 e. The van der Waals surface area contributed by atoms with E-state index < -0.39 is 0 Å². The van der Waals surface area contributed by atoms with Gasteiger partial charge in [0.25, 0.3) is 0 Å². The molecule has 2 amide bonds. The largest absolute Gasteiger partial charge is 0.496 e. The predicted octanol–water partition coefficient (Wildman–Crippen LogP) is 5.70. The molecule has 52 heavy (non-hydrogen) atoms. The summed E-state index contributed by atoms with van der Waals surface area (Å²) in [5.74, 6) is 1.62. The molecule has 2 spiro atoms. The summed E-state index contributed by atoms with van der Waals surface area (Å²) < 4.78 is 11.6. The number of carbonyl (C=O) groups is 2. The third kappa shape index (κ3) is 5.71. The fraction of sp³-hybridized carbons (Fsp3) is 0.400. The number of ether oxygens (including phenoxy) is 2. The second-order valence-electron chi connectivity index (χ2n) is 15.1. The van der Waals surface area contributed by atoms with Crippen molar-refractivity contribution in [3.05, 3.63) is 81.6 Å². The second-order valence-corrected chi connectivity index (χ2v) is 15.9. The first kappa shape index (κ1) is 33.6. The number of hydrogen-bond donors (Lipinski definition) is 2. The van der Waals surface area contributed by atoms with Crippen LogP contribution in [0.5, 0.6) is 11.6 Å². The van der Waals surface area contributed by atoms with E-state index in [0.717, 1.165) is 91.1 Å². The molecule has 4 aromatic rings. The molecule has 5 aliphatic rings. The second kappa shape index (κ2) is 12.7. The molecule has 0 bridgehead atoms. The van der Waals surface area contributed by atoms with E-state index >= 15 is 0 Å². The first-order valence-electron chi connectivity index (χ1n) is 17.9. The van der Waals surface area contributed by atoms with Gasteiger partial charge < -0.3 is 20.1 Å². The van der Waals surface area contributed by atoms with E-state index in [1.54, 1.807) is 20.4 Å². The average molecular weight is 740 g/mol. The maximum atomic E-state index is 11.9. The Morgan fingerprint density at radius 2 is 1.46 bits per heavy atom. The van der Waals surface area contributed by atoms with E-state index in [9.17, 15) is 9.59 Å². The van der Waals surface area contributed by atoms with Gasteiger partial charge in [0.15, 0.2) is 0 Å². The Morgan fingerprint density at radius 1 is 0.827 bits per heavy atom. The molecule has 1 aromatic heterocycles. The molecule has 5 heterocycles. The van der Waals surface area contributed by atoms with Crippen molar-refractivity contribution in [3.63, 3.8) is 0 Å². The molecule has 9 rings (SSSR count). The molecule has 268 valence electrons. The summed E-state index contributed by atoms with van der Waals surface area (Å²) in [5.41, 5.74) is 7.94. The summed E-state index contributed by atoms with van der Waals surface area (Å²) >= 11 is 14.4. The molecule has 0 unspecified atom stereocenters. The van der Waals surface area contributed by atoms with Crippen molar-refractivity contribution < 1.29 is 19.1 Å². The van der Waals surface area contributed by atoms with Crippen molar-refractivity contribution in [1.29, 1.82) is 0 Å². The lowest BCUT2D eigenvalue weighted by Crippen LogP contribution is -2.69. The van der Waals surface area contributed by atoms with Crippen LogP contribution in [0, 0.1) is 0 Å². The predicted molar refractivity (Wildman–Crippen MR) is 200 cm³/mol. The van der Waals surface area contributed by atoms with Crippen LogP contribution in [0.25, 0.3) is 33.5 Å². The fourth-order valence-corrected chi connectivity index (χ4v) is 9.78. The minimum atomic E-state index is -0.102. The van der Waals surface area contributed by atoms with Crippen molar-refractivity contribution in [3.8, 4) is 45.1 Å². The summed E-state index contributed by atoms with van der Waals surface area (Å²) in [6, 6.07) is 16.6. The third-order valence-corrected chi connectivity index (χ3v) is 12.5. The highest BCUT2D eigenvalue weighted by atomic mass is 35.5. The monoisotopic (exact) mass is 738 g/mol. The topological polar surface area (TPSA) is 109 Å². The minimum absolute atomic E-state index is 0.0369. The van der Waals surface area contributed by atoms with Crippen LogP contribution in [0.1, 0.15) is 42.5 Å². The zero-order chi connectivity index (χ0) is 35.8. The Morgan fingerprint density at radius 3 is 2.10 bits per heavy atom. The van der Waals surface area contributed by atoms with E-state index in [4.69, 9.17) is 42.6 Å². The molecule has 4 fully saturated rings. The van der Waals surface area contributed by atoms with E-state index in [2.05, 4.69) is 32.6 Å². The Hall–Kier alpha value is -4.22. The highest BCUT2D eigenvalue weighted by Gasteiger charge is 2.50. The third-order valence-electron chi connectivity index (χ3n) is 11.7. The van der Waals surface area contributed by atoms with E-state index in [-0.39, 0.29) is 22.9 Å². The Bertz CT molecular complexity index is 2130. The van der Waals surface area contributed by atoms with Gasteiger partial charge in [-0.2, -0.15) is 0 Å². The van der Waals surface area contributed by atoms with Crippen molar-refractivity contribution >= 4 is 35.0 Å². The number of methoxy groups -OCH3 is 2. The van der Waals surface area contributed by atoms with Gasteiger partial charge in [0.05, 0.1) is 47.2 Å². The van der Waals surface area contributed by atoms with Crippen LogP contribution in [0.3, 0.4) is 0 Å². The lowest BCUT2D eigenvalue weighted by atomic mass is 9.86. The lowest BCUT2D eigenvalue weighted by Gasteiger charge is -2.50. The van der Waals surface area contributed by atoms with Gasteiger partial charge >= 0.3 is 0 Å². The van der Waals surface area contributed by atoms with Crippen molar-refractivity contribution in [2.75, 3.05) is 40.4 Å². The van der Waals surface area contributed by atoms with Crippen LogP contribution in [0.4, 0.5) is 0 Å². The molecule has 1 aliphatic carbocycles. The normalized spacial score (nSPS) is 21.5. The van der Waals surface area contributed by atoms with Crippen LogP contribution in [-0.2, 0) is 29.0 Å². The van der Waals surface area contributed by atoms with Crippen LogP contribution in [0.2, 0.25) is 10.0 Å². The van der Waals surface area contributed by atoms with Crippen LogP contribution in [-0.4, -0.2) is 89.1 Å². The number of halogens is 2. The van der Waals surface area contributed by atoms with Crippen molar-refractivity contribution in [2.24, 2.45) is 0 Å². The summed E-state index contributed by atoms with van der Waals surface area (Å²) in [6.07, 6.45) is 6.60. The molecule has 10 nitrogen and oxygen atoms in total. The molecule has 3 aromatic carbocycles. The van der Waals surface area contributed by atoms with Crippen molar-refractivity contribution in [2.45, 2.75) is 62.2 Å². The van der Waals surface area contributed by atoms with Gasteiger partial charge in [-0.25, -0.2) is 4.98 Å². The van der Waals surface area contributed by atoms with Gasteiger partial charge in [0, 0.05) is 73.9 Å². The molecule has 12 heteroatoms. The van der Waals surface area contributed by atoms with Gasteiger partial charge in [-0.1, -0.05) is 65.7 Å². The zero-order valence-electron chi connectivity index (χ0n) is 29.2. The number of rotatable bonds is 8. The lowest BCUT2D eigenvalue weighted by molar-refractivity contribution is -0.121. The molecule has 0 radical (unpaired) electrons. The highest BCUT2D eigenvalue weighted by Crippen LogP contribution is 2.45. The highest BCUT2D eigenvalue weighted by molar-refractivity contribution is 6.39. The molecule has 0 saturated carbocycles. The summed E-state index contributed by atoms with van der Waals surface area (Å²) in [5, 5.41) is 7.46. The fourth-order valence-electron chi connectivity index (χ4n) is 9.12. The number of nitrogens with one attached hydrogen (secondary N) is 2. The number of amides is 2. The molecule has 4 saturated heterocycles. The number of likely N-dealkylation sites (tertiary alicyclic amines) is 2. The number of carbonyl (C=O) groups excluding carboxylic acids is 2. The smallest absolute Gasteiger partial charge is 0.237 e. The first-order chi connectivity index (χ1) is 25.1. The minimum Gasteiger partial charge on any atom is -0.496 e. The summed E-state index contributed by atoms with van der Waals surface area (Å²) in [7, 11) is 3.32. The standard InChI is InChI=1S/C40H40Cl2N6O4/c1-51-33-15-24(13-23-14-25(16-30(23)33)48-21-40(22-48)12-10-35(50)46-40)26-5-3-6-27(36(26)41)28-7-4-8-29(37(28)42)31-17-43-32(38(44-31)52-2)18-47-19-39(20-47)11-9-34(49)45-39/h3-8,13,15,17,25H,9-12,14,16,18-22H2,1-2H3,(H,45,49)(H,46,50)/t25-/m1/s1. The van der Waals surface area contributed by atoms with E-state index in [0.29, 0.717) is 47.0 Å². The molecule has 1 atom stereocenters. The van der Waals surface area contributed by atoms with E-state index in [1.165, 1.54) is 11.1 Å². The quantitative estimate of drug-likeness (QED) is 0.237. The maximum absolute atomic E-state index is 11.9. The van der Waals surface area contributed by atoms with Gasteiger partial charge in [-0.05, 0) is 48.4 Å². The molecule has 2 N–H and O–H groups in total. The zero-order valence-corrected chi connectivity index (χ0v) is 30.7. The Balaban J connectivity index is 0.960. The summed E-state index contributed by atoms with van der Waals surface area (Å²) in [4.78, 5) is 38.0. The Kier molecular flexibility index (Phi) is 8.22. The number of aromatic nitrogens is 2. The van der Waals surface area contributed by atoms with Gasteiger partial charge in [-0.15, -0.1) is 0 Å². The van der Waals surface area contributed by atoms with E-state index in [1.807, 2.05) is 36.4 Å². The van der Waals surface area contributed by atoms with Crippen LogP contribution in [0.15, 0.2) is 54.7 Å². The Labute approximate surface area is 312 Å². The number of hydrogen-bond acceptors (Lipinski definition) is 8. The van der Waals surface area contributed by atoms with Gasteiger partial charge in [0.2, 0.25) is 17.7 Å². The average Bonchev–Trinajstić information content (AvgIpc) is 3.84. The number of nitrogens with zero attached hydrogens (tertiary/aromatic N) is 4. The van der Waals surface area contributed by atoms with Crippen LogP contribution >= 0.6 is 23.2 Å². The van der Waals surface area contributed by atoms with Crippen molar-refractivity contribution in [1.82, 2.24) is 30.4 Å². The van der Waals surface area contributed by atoms with Gasteiger partial charge in [-0.3, -0.25) is 24.4 Å².